The molecular weight excluding hydrogens is 218 g/mol. The van der Waals surface area contributed by atoms with Crippen LogP contribution in [0.15, 0.2) is 30.0 Å². The Bertz CT molecular complexity index is 422. The van der Waals surface area contributed by atoms with Gasteiger partial charge in [-0.25, -0.2) is 0 Å². The fourth-order valence-electron chi connectivity index (χ4n) is 1.57. The monoisotopic (exact) mass is 233 g/mol. The maximum atomic E-state index is 4.42. The molecule has 0 aliphatic heterocycles. The number of aryl methyl sites for hydroxylation is 1. The molecule has 2 rings (SSSR count). The molecule has 0 amide bonds. The van der Waals surface area contributed by atoms with Crippen molar-refractivity contribution >= 4 is 11.3 Å². The number of nitrogens with zero attached hydrogens (tertiary/aromatic N) is 2. The topological polar surface area (TPSA) is 37.8 Å². The van der Waals surface area contributed by atoms with Crippen LogP contribution in [0.5, 0.6) is 0 Å². The number of likely N-dealkylation sites (N-methyl/N-ethyl adjacent to an activating group) is 1. The summed E-state index contributed by atoms with van der Waals surface area (Å²) in [6.07, 6.45) is 4.73. The van der Waals surface area contributed by atoms with Gasteiger partial charge in [0.2, 0.25) is 0 Å². The van der Waals surface area contributed by atoms with Gasteiger partial charge >= 0.3 is 0 Å². The molecule has 0 saturated heterocycles. The molecule has 0 aliphatic carbocycles. The SMILES string of the molecule is CNC(Cc1ccc(C)cn1)c1cncs1. The Kier molecular flexibility index (Phi) is 3.64. The number of thiazole rings is 1. The molecule has 3 nitrogen and oxygen atoms in total. The fourth-order valence-corrected chi connectivity index (χ4v) is 2.30. The summed E-state index contributed by atoms with van der Waals surface area (Å²) in [5, 5.41) is 3.30. The zero-order valence-corrected chi connectivity index (χ0v) is 10.3. The molecule has 84 valence electrons. The van der Waals surface area contributed by atoms with Crippen molar-refractivity contribution < 1.29 is 0 Å². The summed E-state index contributed by atoms with van der Waals surface area (Å²) in [7, 11) is 1.97. The van der Waals surface area contributed by atoms with E-state index in [-0.39, 0.29) is 0 Å². The van der Waals surface area contributed by atoms with E-state index in [1.807, 2.05) is 25.0 Å². The lowest BCUT2D eigenvalue weighted by Crippen LogP contribution is -2.18. The molecular formula is C12H15N3S. The first-order valence-corrected chi connectivity index (χ1v) is 6.14. The van der Waals surface area contributed by atoms with Crippen LogP contribution in [0.25, 0.3) is 0 Å². The highest BCUT2D eigenvalue weighted by molar-refractivity contribution is 7.09. The molecule has 0 aromatic carbocycles. The Labute approximate surface area is 99.6 Å². The van der Waals surface area contributed by atoms with Crippen LogP contribution < -0.4 is 5.32 Å². The molecule has 1 unspecified atom stereocenters. The molecule has 2 aromatic heterocycles. The average molecular weight is 233 g/mol. The molecule has 16 heavy (non-hydrogen) atoms. The zero-order valence-electron chi connectivity index (χ0n) is 9.47. The largest absolute Gasteiger partial charge is 0.312 e. The van der Waals surface area contributed by atoms with E-state index in [4.69, 9.17) is 0 Å². The lowest BCUT2D eigenvalue weighted by Gasteiger charge is -2.13. The van der Waals surface area contributed by atoms with Crippen LogP contribution in [0, 0.1) is 6.92 Å². The van der Waals surface area contributed by atoms with E-state index in [9.17, 15) is 0 Å². The zero-order chi connectivity index (χ0) is 11.4. The second-order valence-corrected chi connectivity index (χ2v) is 4.69. The van der Waals surface area contributed by atoms with Crippen molar-refractivity contribution in [1.29, 1.82) is 0 Å². The van der Waals surface area contributed by atoms with Crippen molar-refractivity contribution in [3.63, 3.8) is 0 Å². The van der Waals surface area contributed by atoms with Crippen LogP contribution in [-0.4, -0.2) is 17.0 Å². The van der Waals surface area contributed by atoms with E-state index >= 15 is 0 Å². The Morgan fingerprint density at radius 3 is 2.81 bits per heavy atom. The van der Waals surface area contributed by atoms with Gasteiger partial charge in [0.15, 0.2) is 0 Å². The summed E-state index contributed by atoms with van der Waals surface area (Å²) >= 11 is 1.68. The number of rotatable bonds is 4. The third kappa shape index (κ3) is 2.65. The third-order valence-electron chi connectivity index (χ3n) is 2.53. The molecule has 4 heteroatoms. The Morgan fingerprint density at radius 1 is 1.38 bits per heavy atom. The van der Waals surface area contributed by atoms with Crippen LogP contribution in [-0.2, 0) is 6.42 Å². The average Bonchev–Trinajstić information content (AvgIpc) is 2.82. The molecule has 1 N–H and O–H groups in total. The Morgan fingerprint density at radius 2 is 2.25 bits per heavy atom. The normalized spacial score (nSPS) is 12.6. The van der Waals surface area contributed by atoms with Crippen molar-refractivity contribution in [3.8, 4) is 0 Å². The fraction of sp³-hybridized carbons (Fsp3) is 0.333. The highest BCUT2D eigenvalue weighted by Crippen LogP contribution is 2.20. The second kappa shape index (κ2) is 5.18. The molecule has 0 bridgehead atoms. The predicted molar refractivity (Wildman–Crippen MR) is 66.6 cm³/mol. The summed E-state index contributed by atoms with van der Waals surface area (Å²) in [5.74, 6) is 0. The lowest BCUT2D eigenvalue weighted by molar-refractivity contribution is 0.593. The van der Waals surface area contributed by atoms with Crippen molar-refractivity contribution in [2.24, 2.45) is 0 Å². The Balaban J connectivity index is 2.10. The minimum Gasteiger partial charge on any atom is -0.312 e. The number of nitrogens with one attached hydrogen (secondary N) is 1. The molecule has 1 atom stereocenters. The lowest BCUT2D eigenvalue weighted by atomic mass is 10.1. The van der Waals surface area contributed by atoms with Crippen LogP contribution in [0.2, 0.25) is 0 Å². The van der Waals surface area contributed by atoms with Gasteiger partial charge in [-0.1, -0.05) is 6.07 Å². The van der Waals surface area contributed by atoms with Gasteiger partial charge < -0.3 is 5.32 Å². The second-order valence-electron chi connectivity index (χ2n) is 3.78. The van der Waals surface area contributed by atoms with Gasteiger partial charge in [-0.15, -0.1) is 11.3 Å². The van der Waals surface area contributed by atoms with E-state index in [1.165, 1.54) is 10.4 Å². The predicted octanol–water partition coefficient (Wildman–Crippen LogP) is 2.35. The maximum Gasteiger partial charge on any atom is 0.0794 e. The van der Waals surface area contributed by atoms with Crippen LogP contribution in [0.1, 0.15) is 22.2 Å². The summed E-state index contributed by atoms with van der Waals surface area (Å²) in [6, 6.07) is 4.49. The number of aromatic nitrogens is 2. The highest BCUT2D eigenvalue weighted by atomic mass is 32.1. The number of hydrogen-bond acceptors (Lipinski definition) is 4. The first-order chi connectivity index (χ1) is 7.79. The highest BCUT2D eigenvalue weighted by Gasteiger charge is 2.11. The molecule has 0 fully saturated rings. The smallest absolute Gasteiger partial charge is 0.0794 e. The van der Waals surface area contributed by atoms with Crippen molar-refractivity contribution in [1.82, 2.24) is 15.3 Å². The van der Waals surface area contributed by atoms with E-state index in [0.717, 1.165) is 12.1 Å². The summed E-state index contributed by atoms with van der Waals surface area (Å²) in [5.41, 5.74) is 4.17. The first kappa shape index (κ1) is 11.2. The molecule has 2 heterocycles. The van der Waals surface area contributed by atoms with E-state index in [2.05, 4.69) is 34.3 Å². The summed E-state index contributed by atoms with van der Waals surface area (Å²) in [4.78, 5) is 9.78. The summed E-state index contributed by atoms with van der Waals surface area (Å²) in [6.45, 7) is 2.05. The quantitative estimate of drug-likeness (QED) is 0.881. The number of pyridine rings is 1. The van der Waals surface area contributed by atoms with Gasteiger partial charge in [-0.3, -0.25) is 9.97 Å². The van der Waals surface area contributed by atoms with E-state index < -0.39 is 0 Å². The van der Waals surface area contributed by atoms with Gasteiger partial charge in [-0.05, 0) is 25.6 Å². The van der Waals surface area contributed by atoms with Crippen molar-refractivity contribution in [2.75, 3.05) is 7.05 Å². The van der Waals surface area contributed by atoms with Crippen molar-refractivity contribution in [2.45, 2.75) is 19.4 Å². The van der Waals surface area contributed by atoms with Crippen LogP contribution in [0.3, 0.4) is 0 Å². The van der Waals surface area contributed by atoms with Crippen LogP contribution >= 0.6 is 11.3 Å². The standard InChI is InChI=1S/C12H15N3S/c1-9-3-4-10(15-6-9)5-11(13-2)12-7-14-8-16-12/h3-4,6-8,11,13H,5H2,1-2H3. The minimum atomic E-state index is 0.308. The van der Waals surface area contributed by atoms with Crippen LogP contribution in [0.4, 0.5) is 0 Å². The third-order valence-corrected chi connectivity index (χ3v) is 3.42. The molecule has 0 spiro atoms. The van der Waals surface area contributed by atoms with Gasteiger partial charge in [0.25, 0.3) is 0 Å². The molecule has 0 radical (unpaired) electrons. The first-order valence-electron chi connectivity index (χ1n) is 5.27. The number of hydrogen-bond donors (Lipinski definition) is 1. The van der Waals surface area contributed by atoms with E-state index in [1.54, 1.807) is 11.3 Å². The van der Waals surface area contributed by atoms with Gasteiger partial charge in [0, 0.05) is 35.4 Å². The van der Waals surface area contributed by atoms with Gasteiger partial charge in [-0.2, -0.15) is 0 Å². The van der Waals surface area contributed by atoms with E-state index in [0.29, 0.717) is 6.04 Å². The molecule has 2 aromatic rings. The molecule has 0 aliphatic rings. The summed E-state index contributed by atoms with van der Waals surface area (Å²) < 4.78 is 0. The van der Waals surface area contributed by atoms with Gasteiger partial charge in [0.1, 0.15) is 0 Å². The van der Waals surface area contributed by atoms with Gasteiger partial charge in [0.05, 0.1) is 5.51 Å². The Hall–Kier alpha value is -1.26. The maximum absolute atomic E-state index is 4.42. The van der Waals surface area contributed by atoms with Crippen molar-refractivity contribution in [3.05, 3.63) is 46.2 Å². The minimum absolute atomic E-state index is 0.308. The molecule has 0 saturated carbocycles.